The van der Waals surface area contributed by atoms with Crippen molar-refractivity contribution in [2.75, 3.05) is 20.1 Å². The Morgan fingerprint density at radius 2 is 1.83 bits per heavy atom. The standard InChI is InChI=1S/C7H16N2.B9/c1-8-6-7-4-2-3-5-9-7;1-6-9(7(2)3)8(4)5/h7-9H,2-6H2,1H3;. The van der Waals surface area contributed by atoms with Crippen LogP contribution in [0, 0.1) is 0 Å². The first-order valence-electron chi connectivity index (χ1n) is 6.48. The maximum absolute atomic E-state index is 5.25. The van der Waals surface area contributed by atoms with Crippen LogP contribution in [0.15, 0.2) is 0 Å². The summed E-state index contributed by atoms with van der Waals surface area (Å²) in [7, 11) is 29.5. The molecule has 11 radical (unpaired) electrons. The Labute approximate surface area is 121 Å². The minimum absolute atomic E-state index is 0.315. The average molecular weight is 226 g/mol. The van der Waals surface area contributed by atoms with E-state index in [9.17, 15) is 0 Å². The summed E-state index contributed by atoms with van der Waals surface area (Å²) in [5.41, 5.74) is 0. The van der Waals surface area contributed by atoms with Crippen LogP contribution in [0.3, 0.4) is 0 Å². The highest BCUT2D eigenvalue weighted by atomic mass is 15.0. The van der Waals surface area contributed by atoms with E-state index in [1.807, 2.05) is 7.05 Å². The summed E-state index contributed by atoms with van der Waals surface area (Å²) in [6.07, 6.45) is 2.65. The first kappa shape index (κ1) is 18.5. The Balaban J connectivity index is 0.000000321. The van der Waals surface area contributed by atoms with Gasteiger partial charge in [-0.2, -0.15) is 0 Å². The summed E-state index contributed by atoms with van der Waals surface area (Å²) in [4.78, 5) is 0. The van der Waals surface area contributed by atoms with Gasteiger partial charge in [0.1, 0.15) is 0 Å². The zero-order chi connectivity index (χ0) is 14.0. The van der Waals surface area contributed by atoms with Crippen LogP contribution in [0.5, 0.6) is 0 Å². The second-order valence-corrected chi connectivity index (χ2v) is 4.63. The van der Waals surface area contributed by atoms with Crippen molar-refractivity contribution in [3.8, 4) is 0 Å². The number of piperidine rings is 1. The summed E-state index contributed by atoms with van der Waals surface area (Å²) < 4.78 is 0. The van der Waals surface area contributed by atoms with E-state index >= 15 is 0 Å². The molecular weight excluding hydrogens is 209 g/mol. The fourth-order valence-electron chi connectivity index (χ4n) is 1.86. The number of nitrogens with one attached hydrogen (secondary N) is 2. The van der Waals surface area contributed by atoms with Crippen LogP contribution in [0.25, 0.3) is 0 Å². The zero-order valence-electron chi connectivity index (χ0n) is 11.3. The highest BCUT2D eigenvalue weighted by Crippen LogP contribution is 2.04. The van der Waals surface area contributed by atoms with E-state index in [0.717, 1.165) is 12.6 Å². The van der Waals surface area contributed by atoms with Gasteiger partial charge < -0.3 is 10.6 Å². The van der Waals surface area contributed by atoms with E-state index in [0.29, 0.717) is 0 Å². The van der Waals surface area contributed by atoms with Gasteiger partial charge in [0.2, 0.25) is 0 Å². The molecule has 0 aromatic carbocycles. The van der Waals surface area contributed by atoms with E-state index in [1.54, 1.807) is 0 Å². The van der Waals surface area contributed by atoms with Crippen LogP contribution in [0.1, 0.15) is 19.3 Å². The van der Waals surface area contributed by atoms with Gasteiger partial charge in [-0.05, 0) is 26.4 Å². The molecule has 1 fully saturated rings. The molecule has 0 bridgehead atoms. The third-order valence-corrected chi connectivity index (χ3v) is 2.97. The Morgan fingerprint density at radius 1 is 1.22 bits per heavy atom. The molecule has 0 aromatic heterocycles. The second-order valence-electron chi connectivity index (χ2n) is 4.63. The molecular formula is C7H16B9N2. The van der Waals surface area contributed by atoms with Crippen molar-refractivity contribution in [3.05, 3.63) is 0 Å². The first-order valence-corrected chi connectivity index (χ1v) is 6.48. The minimum Gasteiger partial charge on any atom is -0.318 e. The van der Waals surface area contributed by atoms with Crippen molar-refractivity contribution in [3.63, 3.8) is 0 Å². The lowest BCUT2D eigenvalue weighted by atomic mass is 8.64. The van der Waals surface area contributed by atoms with Crippen LogP contribution in [0.4, 0.5) is 0 Å². The van der Waals surface area contributed by atoms with Gasteiger partial charge >= 0.3 is 0 Å². The SMILES string of the molecule is CNCC1CCCCN1.[B][B]B(B([B])[B])B([B])[B]. The van der Waals surface area contributed by atoms with E-state index < -0.39 is 12.8 Å². The molecule has 2 N–H and O–H groups in total. The summed E-state index contributed by atoms with van der Waals surface area (Å²) in [6.45, 7) is 2.34. The number of likely N-dealkylation sites (N-methyl/N-ethyl adjacent to an activating group) is 1. The highest BCUT2D eigenvalue weighted by molar-refractivity contribution is 7.93. The maximum atomic E-state index is 5.25. The van der Waals surface area contributed by atoms with Gasteiger partial charge in [0.15, 0.2) is 0 Å². The molecule has 1 rings (SSSR count). The largest absolute Gasteiger partial charge is 0.318 e. The molecule has 0 spiro atoms. The van der Waals surface area contributed by atoms with Gasteiger partial charge in [0.25, 0.3) is 0 Å². The van der Waals surface area contributed by atoms with Crippen molar-refractivity contribution < 1.29 is 0 Å². The molecule has 1 aliphatic rings. The number of hydrogen-bond acceptors (Lipinski definition) is 2. The zero-order valence-corrected chi connectivity index (χ0v) is 11.3. The van der Waals surface area contributed by atoms with Crippen LogP contribution in [-0.2, 0) is 0 Å². The summed E-state index contributed by atoms with van der Waals surface area (Å²) in [5, 5.41) is 6.63. The summed E-state index contributed by atoms with van der Waals surface area (Å²) in [5.74, 6) is 0. The quantitative estimate of drug-likeness (QED) is 0.485. The average Bonchev–Trinajstić information content (AvgIpc) is 2.31. The predicted molar refractivity (Wildman–Crippen MR) is 91.4 cm³/mol. The fourth-order valence-corrected chi connectivity index (χ4v) is 1.86. The number of hydrogen-bond donors (Lipinski definition) is 2. The van der Waals surface area contributed by atoms with Gasteiger partial charge in [-0.15, -0.1) is 0 Å². The van der Waals surface area contributed by atoms with Crippen LogP contribution in [-0.4, -0.2) is 91.1 Å². The molecule has 1 aliphatic heterocycles. The van der Waals surface area contributed by atoms with Gasteiger partial charge in [-0.3, -0.25) is 0 Å². The molecule has 0 aromatic rings. The predicted octanol–water partition coefficient (Wildman–Crippen LogP) is -3.08. The lowest BCUT2D eigenvalue weighted by molar-refractivity contribution is 0.392. The first-order chi connectivity index (χ1) is 8.52. The molecule has 1 unspecified atom stereocenters. The Kier molecular flexibility index (Phi) is 11.7. The van der Waals surface area contributed by atoms with E-state index in [4.69, 9.17) is 38.7 Å². The van der Waals surface area contributed by atoms with E-state index in [-0.39, 0.29) is 6.39 Å². The molecule has 1 saturated heterocycles. The van der Waals surface area contributed by atoms with Crippen LogP contribution in [0.2, 0.25) is 0 Å². The van der Waals surface area contributed by atoms with Gasteiger partial charge in [-0.1, -0.05) is 6.42 Å². The fraction of sp³-hybridized carbons (Fsp3) is 1.00. The third kappa shape index (κ3) is 8.58. The van der Waals surface area contributed by atoms with Gasteiger partial charge in [-0.25, -0.2) is 0 Å². The Hall–Kier alpha value is 0.504. The van der Waals surface area contributed by atoms with Gasteiger partial charge in [0.05, 0.1) is 0 Å². The molecule has 81 valence electrons. The smallest absolute Gasteiger partial charge is 0.0192 e. The van der Waals surface area contributed by atoms with Crippen LogP contribution < -0.4 is 10.6 Å². The van der Waals surface area contributed by atoms with Crippen molar-refractivity contribution >= 4 is 64.9 Å². The van der Waals surface area contributed by atoms with Gasteiger partial charge in [0, 0.05) is 77.5 Å². The maximum Gasteiger partial charge on any atom is 0.0192 e. The molecule has 1 atom stereocenters. The molecule has 11 heteroatoms. The molecule has 1 heterocycles. The highest BCUT2D eigenvalue weighted by Gasteiger charge is 2.18. The Bertz CT molecular complexity index is 177. The molecule has 18 heavy (non-hydrogen) atoms. The number of rotatable bonds is 5. The normalized spacial score (nSPS) is 18.2. The topological polar surface area (TPSA) is 24.1 Å². The minimum atomic E-state index is -0.574. The second kappa shape index (κ2) is 11.3. The Morgan fingerprint density at radius 3 is 2.11 bits per heavy atom. The molecule has 0 saturated carbocycles. The van der Waals surface area contributed by atoms with Crippen molar-refractivity contribution in [1.29, 1.82) is 0 Å². The van der Waals surface area contributed by atoms with E-state index in [2.05, 4.69) is 10.6 Å². The van der Waals surface area contributed by atoms with Crippen molar-refractivity contribution in [2.24, 2.45) is 0 Å². The third-order valence-electron chi connectivity index (χ3n) is 2.97. The van der Waals surface area contributed by atoms with Crippen molar-refractivity contribution in [2.45, 2.75) is 25.3 Å². The van der Waals surface area contributed by atoms with E-state index in [1.165, 1.54) is 32.9 Å². The lowest BCUT2D eigenvalue weighted by Gasteiger charge is -2.22. The molecule has 2 nitrogen and oxygen atoms in total. The van der Waals surface area contributed by atoms with Crippen molar-refractivity contribution in [1.82, 2.24) is 10.6 Å². The monoisotopic (exact) mass is 227 g/mol. The molecule has 0 amide bonds. The summed E-state index contributed by atoms with van der Waals surface area (Å²) in [6, 6.07) is 0.740. The van der Waals surface area contributed by atoms with Crippen LogP contribution >= 0.6 is 0 Å². The lowest BCUT2D eigenvalue weighted by Crippen LogP contribution is -2.55. The molecule has 0 aliphatic carbocycles. The summed E-state index contributed by atoms with van der Waals surface area (Å²) >= 11 is 0.